The number of benzene rings is 1. The fourth-order valence-corrected chi connectivity index (χ4v) is 6.35. The topological polar surface area (TPSA) is 127 Å². The predicted octanol–water partition coefficient (Wildman–Crippen LogP) is 2.14. The van der Waals surface area contributed by atoms with Gasteiger partial charge in [0.2, 0.25) is 5.96 Å². The average molecular weight is 514 g/mol. The van der Waals surface area contributed by atoms with E-state index in [9.17, 15) is 8.42 Å². The van der Waals surface area contributed by atoms with Crippen LogP contribution in [0.3, 0.4) is 0 Å². The van der Waals surface area contributed by atoms with Crippen molar-refractivity contribution < 1.29 is 13.2 Å². The molecule has 1 aromatic heterocycles. The molecule has 1 atom stereocenters. The van der Waals surface area contributed by atoms with E-state index in [1.165, 1.54) is 15.8 Å². The minimum absolute atomic E-state index is 0.0473. The van der Waals surface area contributed by atoms with Crippen LogP contribution in [0, 0.1) is 0 Å². The van der Waals surface area contributed by atoms with Crippen LogP contribution < -0.4 is 16.4 Å². The summed E-state index contributed by atoms with van der Waals surface area (Å²) in [5.74, 6) is 0.972. The second kappa shape index (κ2) is 9.29. The standard InChI is InChI=1S/C25H35N7O3S/c1-16(2)36(33,34)23-21(13-32(4)30-23)25(26)9-10-27-24(29-25)28-22-6-5-18(19-14-35-15-20(19)22)17-7-11-31(3)12-8-17/h5-6,9-10,13,16-17H,7-8,11-12,14-15,26H2,1-4H3,(H2,27,28,29). The molecule has 1 saturated heterocycles. The zero-order valence-corrected chi connectivity index (χ0v) is 22.1. The van der Waals surface area contributed by atoms with Crippen molar-refractivity contribution in [2.24, 2.45) is 17.8 Å². The number of hydrogen-bond acceptors (Lipinski definition) is 9. The SMILES string of the molecule is CC(C)S(=O)(=O)c1nn(C)cc1C1(N)C=CNC(Nc2ccc(C3CCN(C)CC3)c3c2COC3)=N1. The highest BCUT2D eigenvalue weighted by Gasteiger charge is 2.37. The summed E-state index contributed by atoms with van der Waals surface area (Å²) in [5.41, 5.74) is 10.3. The molecule has 0 radical (unpaired) electrons. The molecule has 5 rings (SSSR count). The number of sulfone groups is 1. The summed E-state index contributed by atoms with van der Waals surface area (Å²) in [5, 5.41) is 10.0. The summed E-state index contributed by atoms with van der Waals surface area (Å²) in [4.78, 5) is 7.07. The molecule has 0 saturated carbocycles. The van der Waals surface area contributed by atoms with Gasteiger partial charge in [0.25, 0.3) is 0 Å². The summed E-state index contributed by atoms with van der Waals surface area (Å²) in [6, 6.07) is 4.29. The second-order valence-electron chi connectivity index (χ2n) is 10.2. The summed E-state index contributed by atoms with van der Waals surface area (Å²) in [6.45, 7) is 6.62. The van der Waals surface area contributed by atoms with Crippen molar-refractivity contribution >= 4 is 21.5 Å². The van der Waals surface area contributed by atoms with Crippen molar-refractivity contribution in [2.45, 2.75) is 61.8 Å². The van der Waals surface area contributed by atoms with E-state index in [1.54, 1.807) is 39.4 Å². The number of hydrogen-bond donors (Lipinski definition) is 3. The Morgan fingerprint density at radius 1 is 1.19 bits per heavy atom. The number of likely N-dealkylation sites (tertiary alicyclic amines) is 1. The number of nitrogens with two attached hydrogens (primary N) is 1. The molecule has 0 spiro atoms. The van der Waals surface area contributed by atoms with Gasteiger partial charge < -0.3 is 20.3 Å². The minimum Gasteiger partial charge on any atom is -0.372 e. The van der Waals surface area contributed by atoms with Gasteiger partial charge in [-0.25, -0.2) is 13.4 Å². The van der Waals surface area contributed by atoms with Gasteiger partial charge in [0.05, 0.1) is 24.0 Å². The molecule has 4 heterocycles. The Morgan fingerprint density at radius 2 is 1.92 bits per heavy atom. The lowest BCUT2D eigenvalue weighted by molar-refractivity contribution is 0.134. The van der Waals surface area contributed by atoms with Gasteiger partial charge in [-0.1, -0.05) is 6.07 Å². The van der Waals surface area contributed by atoms with Gasteiger partial charge in [0, 0.05) is 30.7 Å². The van der Waals surface area contributed by atoms with E-state index in [2.05, 4.69) is 39.8 Å². The highest BCUT2D eigenvalue weighted by atomic mass is 32.2. The zero-order chi connectivity index (χ0) is 25.7. The molecule has 3 aliphatic rings. The second-order valence-corrected chi connectivity index (χ2v) is 12.7. The molecule has 2 aromatic rings. The number of nitrogens with zero attached hydrogens (tertiary/aromatic N) is 4. The van der Waals surface area contributed by atoms with E-state index in [1.807, 2.05) is 0 Å². The Morgan fingerprint density at radius 3 is 2.64 bits per heavy atom. The number of ether oxygens (including phenoxy) is 1. The third kappa shape index (κ3) is 4.45. The molecule has 11 heteroatoms. The highest BCUT2D eigenvalue weighted by Crippen LogP contribution is 2.38. The van der Waals surface area contributed by atoms with E-state index in [0.29, 0.717) is 30.7 Å². The van der Waals surface area contributed by atoms with Gasteiger partial charge >= 0.3 is 0 Å². The molecular weight excluding hydrogens is 478 g/mol. The highest BCUT2D eigenvalue weighted by molar-refractivity contribution is 7.92. The van der Waals surface area contributed by atoms with Gasteiger partial charge in [-0.15, -0.1) is 0 Å². The quantitative estimate of drug-likeness (QED) is 0.555. The molecule has 3 aliphatic heterocycles. The van der Waals surface area contributed by atoms with Crippen LogP contribution in [0.2, 0.25) is 0 Å². The smallest absolute Gasteiger partial charge is 0.202 e. The van der Waals surface area contributed by atoms with Crippen molar-refractivity contribution in [3.05, 3.63) is 52.9 Å². The number of piperidine rings is 1. The molecule has 0 aliphatic carbocycles. The third-order valence-corrected chi connectivity index (χ3v) is 9.42. The number of fused-ring (bicyclic) bond motifs is 1. The van der Waals surface area contributed by atoms with E-state index >= 15 is 0 Å². The summed E-state index contributed by atoms with van der Waals surface area (Å²) >= 11 is 0. The maximum absolute atomic E-state index is 13.0. The Balaban J connectivity index is 1.46. The number of nitrogens with one attached hydrogen (secondary N) is 2. The molecular formula is C25H35N7O3S. The van der Waals surface area contributed by atoms with E-state index in [4.69, 9.17) is 15.5 Å². The van der Waals surface area contributed by atoms with Crippen molar-refractivity contribution in [1.29, 1.82) is 0 Å². The summed E-state index contributed by atoms with van der Waals surface area (Å²) in [7, 11) is 0.197. The fraction of sp³-hybridized carbons (Fsp3) is 0.520. The van der Waals surface area contributed by atoms with Crippen molar-refractivity contribution in [1.82, 2.24) is 20.0 Å². The van der Waals surface area contributed by atoms with Gasteiger partial charge in [-0.2, -0.15) is 5.10 Å². The number of rotatable bonds is 5. The van der Waals surface area contributed by atoms with Gasteiger partial charge in [0.15, 0.2) is 20.5 Å². The largest absolute Gasteiger partial charge is 0.372 e. The van der Waals surface area contributed by atoms with E-state index in [0.717, 1.165) is 37.2 Å². The number of anilines is 1. The number of aromatic nitrogens is 2. The van der Waals surface area contributed by atoms with Crippen molar-refractivity contribution in [2.75, 3.05) is 25.5 Å². The average Bonchev–Trinajstić information content (AvgIpc) is 3.48. The van der Waals surface area contributed by atoms with Crippen LogP contribution in [0.15, 0.2) is 40.6 Å². The van der Waals surface area contributed by atoms with Crippen LogP contribution in [0.5, 0.6) is 0 Å². The molecule has 10 nitrogen and oxygen atoms in total. The predicted molar refractivity (Wildman–Crippen MR) is 139 cm³/mol. The molecule has 0 amide bonds. The van der Waals surface area contributed by atoms with Crippen LogP contribution in [0.25, 0.3) is 0 Å². The van der Waals surface area contributed by atoms with Crippen LogP contribution in [0.1, 0.15) is 54.9 Å². The lowest BCUT2D eigenvalue weighted by Gasteiger charge is -2.30. The van der Waals surface area contributed by atoms with Gasteiger partial charge in [0.1, 0.15) is 0 Å². The fourth-order valence-electron chi connectivity index (χ4n) is 5.14. The van der Waals surface area contributed by atoms with Gasteiger partial charge in [-0.3, -0.25) is 10.4 Å². The Kier molecular flexibility index (Phi) is 6.44. The first kappa shape index (κ1) is 24.9. The summed E-state index contributed by atoms with van der Waals surface area (Å²) < 4.78 is 33.3. The van der Waals surface area contributed by atoms with Crippen LogP contribution in [-0.4, -0.2) is 54.4 Å². The minimum atomic E-state index is -3.65. The lowest BCUT2D eigenvalue weighted by atomic mass is 9.85. The van der Waals surface area contributed by atoms with Crippen molar-refractivity contribution in [3.8, 4) is 0 Å². The molecule has 1 unspecified atom stereocenters. The third-order valence-electron chi connectivity index (χ3n) is 7.34. The molecule has 1 aromatic carbocycles. The van der Waals surface area contributed by atoms with Crippen LogP contribution >= 0.6 is 0 Å². The maximum Gasteiger partial charge on any atom is 0.202 e. The molecule has 1 fully saturated rings. The molecule has 4 N–H and O–H groups in total. The molecule has 194 valence electrons. The normalized spacial score (nSPS) is 23.0. The summed E-state index contributed by atoms with van der Waals surface area (Å²) in [6.07, 6.45) is 7.24. The number of guanidine groups is 1. The first-order valence-electron chi connectivity index (χ1n) is 12.4. The zero-order valence-electron chi connectivity index (χ0n) is 21.3. The maximum atomic E-state index is 13.0. The molecule has 36 heavy (non-hydrogen) atoms. The first-order valence-corrected chi connectivity index (χ1v) is 13.9. The first-order chi connectivity index (χ1) is 17.1. The molecule has 0 bridgehead atoms. The Hall–Kier alpha value is -2.73. The number of aryl methyl sites for hydroxylation is 1. The Bertz CT molecular complexity index is 1320. The van der Waals surface area contributed by atoms with E-state index in [-0.39, 0.29) is 5.03 Å². The van der Waals surface area contributed by atoms with Crippen LogP contribution in [-0.2, 0) is 40.5 Å². The Labute approximate surface area is 212 Å². The van der Waals surface area contributed by atoms with Gasteiger partial charge in [-0.05, 0) is 76.0 Å². The van der Waals surface area contributed by atoms with E-state index < -0.39 is 20.8 Å². The van der Waals surface area contributed by atoms with Crippen LogP contribution in [0.4, 0.5) is 5.69 Å². The number of aliphatic imine (C=N–C) groups is 1. The lowest BCUT2D eigenvalue weighted by Crippen LogP contribution is -2.42. The van der Waals surface area contributed by atoms with Crippen molar-refractivity contribution in [3.63, 3.8) is 0 Å². The monoisotopic (exact) mass is 513 g/mol.